The van der Waals surface area contributed by atoms with Gasteiger partial charge in [0.05, 0.1) is 8.80 Å². The van der Waals surface area contributed by atoms with Crippen LogP contribution in [-0.2, 0) is 6.42 Å². The zero-order valence-corrected chi connectivity index (χ0v) is 9.72. The molecule has 1 aliphatic rings. The molecule has 0 aliphatic carbocycles. The topological polar surface area (TPSA) is 0 Å². The fourth-order valence-electron chi connectivity index (χ4n) is 2.21. The van der Waals surface area contributed by atoms with Crippen molar-refractivity contribution in [3.63, 3.8) is 0 Å². The minimum Gasteiger partial charge on any atom is -0.0630 e. The van der Waals surface area contributed by atoms with Crippen molar-refractivity contribution in [3.8, 4) is 0 Å². The molecule has 69 valence electrons. The van der Waals surface area contributed by atoms with Crippen molar-refractivity contribution in [2.45, 2.75) is 38.3 Å². The predicted octanol–water partition coefficient (Wildman–Crippen LogP) is 2.74. The third kappa shape index (κ3) is 1.57. The average molecular weight is 189 g/mol. The van der Waals surface area contributed by atoms with E-state index in [1.807, 2.05) is 0 Å². The normalized spacial score (nSPS) is 17.5. The van der Waals surface area contributed by atoms with Gasteiger partial charge < -0.3 is 0 Å². The molecule has 1 aromatic rings. The van der Waals surface area contributed by atoms with Crippen LogP contribution in [0.25, 0.3) is 0 Å². The van der Waals surface area contributed by atoms with Crippen molar-refractivity contribution in [2.24, 2.45) is 0 Å². The third-order valence-electron chi connectivity index (χ3n) is 2.89. The SMILES string of the molecule is CC(C)(C)[Si]1CCc2ccccc21. The Morgan fingerprint density at radius 3 is 2.54 bits per heavy atom. The minimum atomic E-state index is -0.284. The van der Waals surface area contributed by atoms with Crippen molar-refractivity contribution in [1.82, 2.24) is 0 Å². The van der Waals surface area contributed by atoms with Gasteiger partial charge in [-0.1, -0.05) is 56.3 Å². The summed E-state index contributed by atoms with van der Waals surface area (Å²) in [7, 11) is -0.284. The van der Waals surface area contributed by atoms with Crippen LogP contribution in [0.2, 0.25) is 11.1 Å². The summed E-state index contributed by atoms with van der Waals surface area (Å²) in [6.07, 6.45) is 1.32. The highest BCUT2D eigenvalue weighted by molar-refractivity contribution is 6.77. The van der Waals surface area contributed by atoms with Crippen molar-refractivity contribution in [3.05, 3.63) is 29.8 Å². The number of hydrogen-bond acceptors (Lipinski definition) is 0. The second kappa shape index (κ2) is 2.98. The van der Waals surface area contributed by atoms with Crippen LogP contribution >= 0.6 is 0 Å². The van der Waals surface area contributed by atoms with Crippen molar-refractivity contribution in [1.29, 1.82) is 0 Å². The van der Waals surface area contributed by atoms with Gasteiger partial charge in [-0.3, -0.25) is 0 Å². The monoisotopic (exact) mass is 189 g/mol. The summed E-state index contributed by atoms with van der Waals surface area (Å²) in [6.45, 7) is 7.18. The zero-order valence-electron chi connectivity index (χ0n) is 8.72. The first-order chi connectivity index (χ1) is 6.09. The van der Waals surface area contributed by atoms with E-state index in [4.69, 9.17) is 0 Å². The van der Waals surface area contributed by atoms with Crippen LogP contribution in [0.1, 0.15) is 26.3 Å². The molecule has 1 radical (unpaired) electrons. The van der Waals surface area contributed by atoms with Gasteiger partial charge in [0, 0.05) is 0 Å². The van der Waals surface area contributed by atoms with E-state index >= 15 is 0 Å². The molecule has 0 saturated carbocycles. The molecular formula is C12H17Si. The van der Waals surface area contributed by atoms with Crippen molar-refractivity contribution in [2.75, 3.05) is 0 Å². The lowest BCUT2D eigenvalue weighted by molar-refractivity contribution is 0.740. The van der Waals surface area contributed by atoms with E-state index in [2.05, 4.69) is 45.0 Å². The van der Waals surface area contributed by atoms with Crippen LogP contribution in [0, 0.1) is 0 Å². The Balaban J connectivity index is 2.39. The van der Waals surface area contributed by atoms with Gasteiger partial charge in [-0.15, -0.1) is 0 Å². The van der Waals surface area contributed by atoms with Crippen LogP contribution in [0.3, 0.4) is 0 Å². The van der Waals surface area contributed by atoms with E-state index in [0.717, 1.165) is 0 Å². The highest BCUT2D eigenvalue weighted by atomic mass is 28.3. The first-order valence-electron chi connectivity index (χ1n) is 5.03. The van der Waals surface area contributed by atoms with Crippen LogP contribution < -0.4 is 5.19 Å². The van der Waals surface area contributed by atoms with E-state index < -0.39 is 0 Å². The van der Waals surface area contributed by atoms with Gasteiger partial charge in [0.1, 0.15) is 0 Å². The van der Waals surface area contributed by atoms with Gasteiger partial charge in [0.2, 0.25) is 0 Å². The second-order valence-electron chi connectivity index (χ2n) is 4.89. The summed E-state index contributed by atoms with van der Waals surface area (Å²) in [6, 6.07) is 10.5. The Labute approximate surface area is 82.6 Å². The smallest absolute Gasteiger partial charge is 0.0630 e. The fraction of sp³-hybridized carbons (Fsp3) is 0.500. The first kappa shape index (κ1) is 9.01. The van der Waals surface area contributed by atoms with E-state index in [9.17, 15) is 0 Å². The van der Waals surface area contributed by atoms with Gasteiger partial charge in [-0.05, 0) is 17.0 Å². The van der Waals surface area contributed by atoms with Crippen LogP contribution in [0.4, 0.5) is 0 Å². The van der Waals surface area contributed by atoms with Gasteiger partial charge in [-0.2, -0.15) is 0 Å². The lowest BCUT2D eigenvalue weighted by atomic mass is 10.2. The van der Waals surface area contributed by atoms with Gasteiger partial charge in [0.15, 0.2) is 0 Å². The Bertz CT molecular complexity index is 309. The maximum absolute atomic E-state index is 2.39. The molecule has 1 heteroatoms. The molecule has 0 aromatic heterocycles. The molecule has 1 aliphatic heterocycles. The summed E-state index contributed by atoms with van der Waals surface area (Å²) >= 11 is 0. The summed E-state index contributed by atoms with van der Waals surface area (Å²) in [4.78, 5) is 0. The summed E-state index contributed by atoms with van der Waals surface area (Å²) < 4.78 is 0. The molecule has 0 amide bonds. The lowest BCUT2D eigenvalue weighted by Gasteiger charge is -2.25. The Hall–Kier alpha value is -0.563. The summed E-state index contributed by atoms with van der Waals surface area (Å²) in [5.41, 5.74) is 1.62. The highest BCUT2D eigenvalue weighted by Crippen LogP contribution is 2.33. The van der Waals surface area contributed by atoms with Crippen LogP contribution in [-0.4, -0.2) is 8.80 Å². The number of rotatable bonds is 0. The van der Waals surface area contributed by atoms with Crippen molar-refractivity contribution >= 4 is 14.0 Å². The van der Waals surface area contributed by atoms with E-state index in [0.29, 0.717) is 5.04 Å². The fourth-order valence-corrected chi connectivity index (χ4v) is 5.45. The second-order valence-corrected chi connectivity index (χ2v) is 8.38. The molecule has 0 N–H and O–H groups in total. The van der Waals surface area contributed by atoms with E-state index in [1.165, 1.54) is 12.5 Å². The Morgan fingerprint density at radius 2 is 1.85 bits per heavy atom. The van der Waals surface area contributed by atoms with E-state index in [1.54, 1.807) is 10.8 Å². The molecule has 0 fully saturated rings. The third-order valence-corrected chi connectivity index (χ3v) is 6.59. The molecule has 0 atom stereocenters. The molecule has 0 saturated heterocycles. The molecule has 2 rings (SSSR count). The molecule has 0 bridgehead atoms. The van der Waals surface area contributed by atoms with Gasteiger partial charge in [-0.25, -0.2) is 0 Å². The maximum atomic E-state index is 2.39. The van der Waals surface area contributed by atoms with E-state index in [-0.39, 0.29) is 8.80 Å². The summed E-state index contributed by atoms with van der Waals surface area (Å²) in [5, 5.41) is 2.22. The minimum absolute atomic E-state index is 0.284. The molecule has 1 heterocycles. The zero-order chi connectivity index (χ0) is 9.47. The number of hydrogen-bond donors (Lipinski definition) is 0. The standard InChI is InChI=1S/C12H17Si/c1-12(2,3)13-9-8-10-6-4-5-7-11(10)13/h4-7H,8-9H2,1-3H3. The first-order valence-corrected chi connectivity index (χ1v) is 6.74. The molecule has 13 heavy (non-hydrogen) atoms. The van der Waals surface area contributed by atoms with Gasteiger partial charge in [0.25, 0.3) is 0 Å². The lowest BCUT2D eigenvalue weighted by Crippen LogP contribution is -2.35. The quantitative estimate of drug-likeness (QED) is 0.551. The largest absolute Gasteiger partial charge is 0.0920 e. The van der Waals surface area contributed by atoms with Crippen LogP contribution in [0.15, 0.2) is 24.3 Å². The molecule has 1 aromatic carbocycles. The number of aryl methyl sites for hydroxylation is 1. The molecular weight excluding hydrogens is 172 g/mol. The number of fused-ring (bicyclic) bond motifs is 1. The predicted molar refractivity (Wildman–Crippen MR) is 60.1 cm³/mol. The van der Waals surface area contributed by atoms with Crippen LogP contribution in [0.5, 0.6) is 0 Å². The number of benzene rings is 1. The molecule has 0 nitrogen and oxygen atoms in total. The Morgan fingerprint density at radius 1 is 1.15 bits per heavy atom. The molecule has 0 unspecified atom stereocenters. The Kier molecular flexibility index (Phi) is 2.07. The molecule has 0 spiro atoms. The van der Waals surface area contributed by atoms with Gasteiger partial charge >= 0.3 is 0 Å². The average Bonchev–Trinajstić information content (AvgIpc) is 2.45. The van der Waals surface area contributed by atoms with Crippen molar-refractivity contribution < 1.29 is 0 Å². The highest BCUT2D eigenvalue weighted by Gasteiger charge is 2.33. The summed E-state index contributed by atoms with van der Waals surface area (Å²) in [5.74, 6) is 0. The maximum Gasteiger partial charge on any atom is 0.0920 e.